The smallest absolute Gasteiger partial charge is 0.265 e. The predicted molar refractivity (Wildman–Crippen MR) is 148 cm³/mol. The number of ether oxygens (including phenoxy) is 1. The van der Waals surface area contributed by atoms with Crippen LogP contribution >= 0.6 is 11.3 Å². The Labute approximate surface area is 221 Å². The van der Waals surface area contributed by atoms with Crippen LogP contribution in [0.1, 0.15) is 68.1 Å². The highest BCUT2D eigenvalue weighted by Gasteiger charge is 2.27. The number of nitrogens with one attached hydrogen (secondary N) is 2. The number of benzene rings is 2. The van der Waals surface area contributed by atoms with Crippen LogP contribution in [0.25, 0.3) is 0 Å². The molecular weight excluding hydrogens is 486 g/mol. The summed E-state index contributed by atoms with van der Waals surface area (Å²) in [4.78, 5) is 38.9. The van der Waals surface area contributed by atoms with Gasteiger partial charge in [-0.3, -0.25) is 14.4 Å². The van der Waals surface area contributed by atoms with Crippen LogP contribution in [-0.4, -0.2) is 23.8 Å². The molecule has 1 aromatic heterocycles. The van der Waals surface area contributed by atoms with E-state index in [2.05, 4.69) is 17.6 Å². The van der Waals surface area contributed by atoms with Crippen LogP contribution in [0.4, 0.5) is 10.7 Å². The maximum Gasteiger partial charge on any atom is 0.265 e. The molecule has 1 aliphatic carbocycles. The monoisotopic (exact) mass is 519 g/mol. The standard InChI is InChI=1S/C29H33N3O4S/c1-15-6-11-22-23(14-15)37-29(24(22)26(30)33)32-28(35)20-7-9-21(10-8-20)36-19(5)27(34)31-25-17(3)12-16(2)13-18(25)4/h7-10,12-13,15,19H,6,11,14H2,1-5H3,(H2,30,33)(H,31,34)(H,32,35)/t15-,19-/m0/s1. The zero-order valence-electron chi connectivity index (χ0n) is 21.9. The van der Waals surface area contributed by atoms with E-state index in [1.165, 1.54) is 11.3 Å². The summed E-state index contributed by atoms with van der Waals surface area (Å²) in [5.41, 5.74) is 11.4. The molecule has 3 aromatic rings. The second-order valence-electron chi connectivity index (χ2n) is 9.92. The van der Waals surface area contributed by atoms with Crippen molar-refractivity contribution in [2.45, 2.75) is 60.0 Å². The van der Waals surface area contributed by atoms with Gasteiger partial charge < -0.3 is 21.1 Å². The molecule has 3 amide bonds. The van der Waals surface area contributed by atoms with Crippen molar-refractivity contribution in [1.29, 1.82) is 0 Å². The third kappa shape index (κ3) is 5.85. The first-order valence-corrected chi connectivity index (χ1v) is 13.3. The molecule has 0 fully saturated rings. The Balaban J connectivity index is 1.41. The van der Waals surface area contributed by atoms with Gasteiger partial charge in [-0.25, -0.2) is 0 Å². The number of fused-ring (bicyclic) bond motifs is 1. The minimum absolute atomic E-state index is 0.258. The van der Waals surface area contributed by atoms with Crippen LogP contribution in [0.5, 0.6) is 5.75 Å². The van der Waals surface area contributed by atoms with E-state index in [4.69, 9.17) is 10.5 Å². The molecule has 194 valence electrons. The lowest BCUT2D eigenvalue weighted by Gasteiger charge is -2.18. The third-order valence-corrected chi connectivity index (χ3v) is 7.88. The normalized spacial score (nSPS) is 15.4. The van der Waals surface area contributed by atoms with Crippen molar-refractivity contribution in [3.63, 3.8) is 0 Å². The first kappa shape index (κ1) is 26.4. The van der Waals surface area contributed by atoms with Gasteiger partial charge in [0.15, 0.2) is 6.10 Å². The summed E-state index contributed by atoms with van der Waals surface area (Å²) >= 11 is 1.43. The molecule has 1 heterocycles. The van der Waals surface area contributed by atoms with Gasteiger partial charge in [0.25, 0.3) is 17.7 Å². The number of aryl methyl sites for hydroxylation is 3. The Hall–Kier alpha value is -3.65. The molecule has 0 bridgehead atoms. The van der Waals surface area contributed by atoms with E-state index in [0.717, 1.165) is 52.1 Å². The number of amides is 3. The van der Waals surface area contributed by atoms with Crippen LogP contribution in [0, 0.1) is 26.7 Å². The summed E-state index contributed by atoms with van der Waals surface area (Å²) in [7, 11) is 0. The van der Waals surface area contributed by atoms with Crippen LogP contribution in [0.3, 0.4) is 0 Å². The quantitative estimate of drug-likeness (QED) is 0.380. The number of hydrogen-bond donors (Lipinski definition) is 3. The van der Waals surface area contributed by atoms with E-state index in [1.54, 1.807) is 31.2 Å². The van der Waals surface area contributed by atoms with Crippen molar-refractivity contribution in [3.8, 4) is 5.75 Å². The fraction of sp³-hybridized carbons (Fsp3) is 0.345. The Morgan fingerprint density at radius 2 is 1.70 bits per heavy atom. The molecular formula is C29H33N3O4S. The van der Waals surface area contributed by atoms with E-state index in [1.807, 2.05) is 32.9 Å². The summed E-state index contributed by atoms with van der Waals surface area (Å²) < 4.78 is 5.82. The van der Waals surface area contributed by atoms with E-state index < -0.39 is 12.0 Å². The molecule has 2 aromatic carbocycles. The van der Waals surface area contributed by atoms with E-state index in [9.17, 15) is 14.4 Å². The number of nitrogens with two attached hydrogens (primary N) is 1. The lowest BCUT2D eigenvalue weighted by atomic mass is 9.88. The number of rotatable bonds is 7. The summed E-state index contributed by atoms with van der Waals surface area (Å²) in [6, 6.07) is 10.6. The topological polar surface area (TPSA) is 111 Å². The van der Waals surface area contributed by atoms with Crippen molar-refractivity contribution in [1.82, 2.24) is 0 Å². The number of hydrogen-bond acceptors (Lipinski definition) is 5. The molecule has 0 aliphatic heterocycles. The summed E-state index contributed by atoms with van der Waals surface area (Å²) in [5, 5.41) is 6.33. The van der Waals surface area contributed by atoms with Crippen molar-refractivity contribution in [2.24, 2.45) is 11.7 Å². The fourth-order valence-corrected chi connectivity index (χ4v) is 6.23. The number of thiophene rings is 1. The number of carbonyl (C=O) groups excluding carboxylic acids is 3. The van der Waals surface area contributed by atoms with Gasteiger partial charge >= 0.3 is 0 Å². The molecule has 2 atom stereocenters. The second-order valence-corrected chi connectivity index (χ2v) is 11.0. The Morgan fingerprint density at radius 3 is 2.32 bits per heavy atom. The molecule has 0 saturated heterocycles. The van der Waals surface area contributed by atoms with Crippen LogP contribution in [0.15, 0.2) is 36.4 Å². The molecule has 0 saturated carbocycles. The van der Waals surface area contributed by atoms with E-state index in [0.29, 0.717) is 27.8 Å². The predicted octanol–water partition coefficient (Wildman–Crippen LogP) is 5.56. The van der Waals surface area contributed by atoms with Gasteiger partial charge in [0, 0.05) is 16.1 Å². The molecule has 1 aliphatic rings. The van der Waals surface area contributed by atoms with Gasteiger partial charge in [-0.05, 0) is 93.8 Å². The fourth-order valence-electron chi connectivity index (χ4n) is 4.82. The maximum atomic E-state index is 12.9. The highest BCUT2D eigenvalue weighted by Crippen LogP contribution is 2.39. The molecule has 8 heteroatoms. The van der Waals surface area contributed by atoms with Crippen molar-refractivity contribution < 1.29 is 19.1 Å². The first-order valence-electron chi connectivity index (χ1n) is 12.4. The number of anilines is 2. The average molecular weight is 520 g/mol. The summed E-state index contributed by atoms with van der Waals surface area (Å²) in [6.07, 6.45) is 1.94. The van der Waals surface area contributed by atoms with Crippen molar-refractivity contribution in [3.05, 3.63) is 74.7 Å². The minimum Gasteiger partial charge on any atom is -0.481 e. The first-order chi connectivity index (χ1) is 17.5. The molecule has 0 radical (unpaired) electrons. The SMILES string of the molecule is Cc1cc(C)c(NC(=O)[C@H](C)Oc2ccc(C(=O)Nc3sc4c(c3C(N)=O)CC[C@H](C)C4)cc2)c(C)c1. The summed E-state index contributed by atoms with van der Waals surface area (Å²) in [6.45, 7) is 9.81. The molecule has 0 unspecified atom stereocenters. The average Bonchev–Trinajstić information content (AvgIpc) is 3.18. The lowest BCUT2D eigenvalue weighted by Crippen LogP contribution is -2.30. The summed E-state index contributed by atoms with van der Waals surface area (Å²) in [5.74, 6) is -0.106. The minimum atomic E-state index is -0.738. The van der Waals surface area contributed by atoms with E-state index >= 15 is 0 Å². The Kier molecular flexibility index (Phi) is 7.68. The van der Waals surface area contributed by atoms with Gasteiger partial charge in [0.2, 0.25) is 0 Å². The number of primary amides is 1. The van der Waals surface area contributed by atoms with Gasteiger partial charge in [0.1, 0.15) is 10.8 Å². The van der Waals surface area contributed by atoms with Crippen LogP contribution in [-0.2, 0) is 17.6 Å². The van der Waals surface area contributed by atoms with Crippen LogP contribution in [0.2, 0.25) is 0 Å². The Bertz CT molecular complexity index is 1340. The molecule has 0 spiro atoms. The van der Waals surface area contributed by atoms with Gasteiger partial charge in [-0.15, -0.1) is 11.3 Å². The second kappa shape index (κ2) is 10.8. The van der Waals surface area contributed by atoms with Crippen molar-refractivity contribution in [2.75, 3.05) is 10.6 Å². The zero-order valence-corrected chi connectivity index (χ0v) is 22.7. The van der Waals surface area contributed by atoms with Crippen molar-refractivity contribution >= 4 is 39.7 Å². The largest absolute Gasteiger partial charge is 0.481 e. The van der Waals surface area contributed by atoms with Gasteiger partial charge in [-0.1, -0.05) is 24.6 Å². The molecule has 4 N–H and O–H groups in total. The third-order valence-electron chi connectivity index (χ3n) is 6.71. The Morgan fingerprint density at radius 1 is 1.05 bits per heavy atom. The van der Waals surface area contributed by atoms with Crippen LogP contribution < -0.4 is 21.1 Å². The lowest BCUT2D eigenvalue weighted by molar-refractivity contribution is -0.122. The van der Waals surface area contributed by atoms with Gasteiger partial charge in [-0.2, -0.15) is 0 Å². The molecule has 4 rings (SSSR count). The maximum absolute atomic E-state index is 12.9. The van der Waals surface area contributed by atoms with E-state index in [-0.39, 0.29) is 11.8 Å². The zero-order chi connectivity index (χ0) is 26.9. The highest BCUT2D eigenvalue weighted by atomic mass is 32.1. The molecule has 7 nitrogen and oxygen atoms in total. The number of carbonyl (C=O) groups is 3. The van der Waals surface area contributed by atoms with Gasteiger partial charge in [0.05, 0.1) is 5.56 Å². The molecule has 37 heavy (non-hydrogen) atoms. The highest BCUT2D eigenvalue weighted by molar-refractivity contribution is 7.17.